The van der Waals surface area contributed by atoms with Gasteiger partial charge >= 0.3 is 0 Å². The van der Waals surface area contributed by atoms with Crippen molar-refractivity contribution in [2.24, 2.45) is 0 Å². The Morgan fingerprint density at radius 1 is 1.00 bits per heavy atom. The van der Waals surface area contributed by atoms with Crippen LogP contribution in [0.3, 0.4) is 0 Å². The maximum absolute atomic E-state index is 13.4. The number of halogens is 3. The molecular formula is C14H12F3NO2S. The number of rotatable bonds is 4. The lowest BCUT2D eigenvalue weighted by Crippen LogP contribution is -2.24. The molecule has 0 amide bonds. The minimum absolute atomic E-state index is 0.114. The molecule has 0 aliphatic rings. The molecule has 0 saturated heterocycles. The van der Waals surface area contributed by atoms with Gasteiger partial charge in [-0.1, -0.05) is 0 Å². The molecule has 0 saturated carbocycles. The molecule has 3 nitrogen and oxygen atoms in total. The summed E-state index contributed by atoms with van der Waals surface area (Å²) in [6.45, 7) is 1.03. The summed E-state index contributed by atoms with van der Waals surface area (Å²) in [6, 6.07) is 6.07. The van der Waals surface area contributed by atoms with Crippen molar-refractivity contribution >= 4 is 10.0 Å². The van der Waals surface area contributed by atoms with Gasteiger partial charge in [0.1, 0.15) is 17.5 Å². The molecule has 0 heterocycles. The molecule has 0 radical (unpaired) electrons. The quantitative estimate of drug-likeness (QED) is 0.943. The molecule has 7 heteroatoms. The van der Waals surface area contributed by atoms with Gasteiger partial charge in [-0.15, -0.1) is 0 Å². The Hall–Kier alpha value is -1.86. The van der Waals surface area contributed by atoms with Crippen LogP contribution in [0, 0.1) is 24.4 Å². The van der Waals surface area contributed by atoms with Crippen LogP contribution < -0.4 is 4.72 Å². The molecule has 0 bridgehead atoms. The molecule has 0 aromatic heterocycles. The molecule has 0 aliphatic heterocycles. The molecule has 21 heavy (non-hydrogen) atoms. The Labute approximate surface area is 120 Å². The van der Waals surface area contributed by atoms with Crippen LogP contribution in [-0.4, -0.2) is 8.42 Å². The number of sulfonamides is 1. The first-order valence-electron chi connectivity index (χ1n) is 5.99. The Morgan fingerprint density at radius 2 is 1.67 bits per heavy atom. The van der Waals surface area contributed by atoms with Crippen LogP contribution in [0.5, 0.6) is 0 Å². The van der Waals surface area contributed by atoms with Crippen LogP contribution in [0.25, 0.3) is 0 Å². The third kappa shape index (κ3) is 3.62. The van der Waals surface area contributed by atoms with Crippen molar-refractivity contribution < 1.29 is 21.6 Å². The van der Waals surface area contributed by atoms with Gasteiger partial charge in [0.25, 0.3) is 0 Å². The number of hydrogen-bond donors (Lipinski definition) is 1. The predicted octanol–water partition coefficient (Wildman–Crippen LogP) is 2.89. The van der Waals surface area contributed by atoms with Crippen molar-refractivity contribution in [2.45, 2.75) is 18.4 Å². The zero-order chi connectivity index (χ0) is 15.6. The fourth-order valence-electron chi connectivity index (χ4n) is 1.72. The van der Waals surface area contributed by atoms with Crippen LogP contribution in [0.15, 0.2) is 41.3 Å². The van der Waals surface area contributed by atoms with Crippen molar-refractivity contribution in [2.75, 3.05) is 0 Å². The molecule has 0 spiro atoms. The number of hydrogen-bond acceptors (Lipinski definition) is 2. The Morgan fingerprint density at radius 3 is 2.33 bits per heavy atom. The highest BCUT2D eigenvalue weighted by Gasteiger charge is 2.16. The van der Waals surface area contributed by atoms with Crippen LogP contribution >= 0.6 is 0 Å². The minimum Gasteiger partial charge on any atom is -0.207 e. The number of nitrogens with one attached hydrogen (secondary N) is 1. The minimum atomic E-state index is -3.93. The first kappa shape index (κ1) is 15.5. The van der Waals surface area contributed by atoms with Gasteiger partial charge in [-0.05, 0) is 48.9 Å². The molecule has 2 aromatic rings. The van der Waals surface area contributed by atoms with Crippen molar-refractivity contribution in [3.05, 3.63) is 65.0 Å². The van der Waals surface area contributed by atoms with Gasteiger partial charge in [0.2, 0.25) is 10.0 Å². The average molecular weight is 315 g/mol. The second-order valence-electron chi connectivity index (χ2n) is 4.47. The SMILES string of the molecule is Cc1cc(S(=O)(=O)NCc2cc(F)ccc2F)ccc1F. The molecule has 112 valence electrons. The highest BCUT2D eigenvalue weighted by atomic mass is 32.2. The lowest BCUT2D eigenvalue weighted by atomic mass is 10.2. The van der Waals surface area contributed by atoms with E-state index < -0.39 is 34.0 Å². The van der Waals surface area contributed by atoms with Crippen molar-refractivity contribution in [3.63, 3.8) is 0 Å². The monoisotopic (exact) mass is 315 g/mol. The van der Waals surface area contributed by atoms with Crippen molar-refractivity contribution in [1.82, 2.24) is 4.72 Å². The molecule has 1 N–H and O–H groups in total. The van der Waals surface area contributed by atoms with E-state index in [1.54, 1.807) is 0 Å². The van der Waals surface area contributed by atoms with Crippen LogP contribution in [0.4, 0.5) is 13.2 Å². The van der Waals surface area contributed by atoms with Gasteiger partial charge in [0, 0.05) is 12.1 Å². The normalized spacial score (nSPS) is 11.6. The van der Waals surface area contributed by atoms with Crippen LogP contribution in [0.1, 0.15) is 11.1 Å². The summed E-state index contributed by atoms with van der Waals surface area (Å²) in [5.74, 6) is -1.90. The summed E-state index contributed by atoms with van der Waals surface area (Å²) in [5.41, 5.74) is 0.0622. The van der Waals surface area contributed by atoms with Gasteiger partial charge in [-0.3, -0.25) is 0 Å². The van der Waals surface area contributed by atoms with E-state index >= 15 is 0 Å². The Bertz CT molecular complexity index is 776. The second-order valence-corrected chi connectivity index (χ2v) is 6.24. The van der Waals surface area contributed by atoms with Gasteiger partial charge in [0.15, 0.2) is 0 Å². The molecular weight excluding hydrogens is 303 g/mol. The lowest BCUT2D eigenvalue weighted by Gasteiger charge is -2.08. The fourth-order valence-corrected chi connectivity index (χ4v) is 2.81. The van der Waals surface area contributed by atoms with E-state index in [1.807, 2.05) is 0 Å². The van der Waals surface area contributed by atoms with Crippen molar-refractivity contribution in [3.8, 4) is 0 Å². The first-order valence-corrected chi connectivity index (χ1v) is 7.47. The molecule has 0 fully saturated rings. The fraction of sp³-hybridized carbons (Fsp3) is 0.143. The largest absolute Gasteiger partial charge is 0.240 e. The first-order chi connectivity index (χ1) is 9.79. The van der Waals surface area contributed by atoms with E-state index in [4.69, 9.17) is 0 Å². The smallest absolute Gasteiger partial charge is 0.207 e. The van der Waals surface area contributed by atoms with E-state index in [0.717, 1.165) is 30.3 Å². The summed E-state index contributed by atoms with van der Waals surface area (Å²) < 4.78 is 65.7. The molecule has 2 aromatic carbocycles. The Kier molecular flexibility index (Phi) is 4.34. The molecule has 2 rings (SSSR count). The molecule has 0 atom stereocenters. The summed E-state index contributed by atoms with van der Waals surface area (Å²) >= 11 is 0. The zero-order valence-corrected chi connectivity index (χ0v) is 11.8. The van der Waals surface area contributed by atoms with Gasteiger partial charge in [-0.25, -0.2) is 26.3 Å². The highest BCUT2D eigenvalue weighted by molar-refractivity contribution is 7.89. The highest BCUT2D eigenvalue weighted by Crippen LogP contribution is 2.15. The summed E-state index contributed by atoms with van der Waals surface area (Å²) in [4.78, 5) is -0.141. The summed E-state index contributed by atoms with van der Waals surface area (Å²) in [6.07, 6.45) is 0. The van der Waals surface area contributed by atoms with E-state index in [1.165, 1.54) is 13.0 Å². The topological polar surface area (TPSA) is 46.2 Å². The standard InChI is InChI=1S/C14H12F3NO2S/c1-9-6-12(3-5-13(9)16)21(19,20)18-8-10-7-11(15)2-4-14(10)17/h2-7,18H,8H2,1H3. The molecule has 0 aliphatic carbocycles. The molecule has 0 unspecified atom stereocenters. The predicted molar refractivity (Wildman–Crippen MR) is 71.5 cm³/mol. The number of aryl methyl sites for hydroxylation is 1. The van der Waals surface area contributed by atoms with Crippen LogP contribution in [0.2, 0.25) is 0 Å². The maximum atomic E-state index is 13.4. The van der Waals surface area contributed by atoms with Gasteiger partial charge < -0.3 is 0 Å². The lowest BCUT2D eigenvalue weighted by molar-refractivity contribution is 0.566. The zero-order valence-electron chi connectivity index (χ0n) is 11.0. The van der Waals surface area contributed by atoms with Gasteiger partial charge in [-0.2, -0.15) is 0 Å². The van der Waals surface area contributed by atoms with Crippen molar-refractivity contribution in [1.29, 1.82) is 0 Å². The number of benzene rings is 2. The van der Waals surface area contributed by atoms with E-state index in [0.29, 0.717) is 0 Å². The Balaban J connectivity index is 2.21. The maximum Gasteiger partial charge on any atom is 0.240 e. The van der Waals surface area contributed by atoms with E-state index in [2.05, 4.69) is 4.72 Å². The summed E-state index contributed by atoms with van der Waals surface area (Å²) in [7, 11) is -3.93. The average Bonchev–Trinajstić information content (AvgIpc) is 2.43. The van der Waals surface area contributed by atoms with Gasteiger partial charge in [0.05, 0.1) is 4.90 Å². The third-order valence-corrected chi connectivity index (χ3v) is 4.30. The second kappa shape index (κ2) is 5.87. The summed E-state index contributed by atoms with van der Waals surface area (Å²) in [5, 5.41) is 0. The van der Waals surface area contributed by atoms with E-state index in [-0.39, 0.29) is 16.0 Å². The third-order valence-electron chi connectivity index (χ3n) is 2.90. The van der Waals surface area contributed by atoms with E-state index in [9.17, 15) is 21.6 Å². The van der Waals surface area contributed by atoms with Crippen LogP contribution in [-0.2, 0) is 16.6 Å².